The van der Waals surface area contributed by atoms with Crippen molar-refractivity contribution >= 4 is 32.5 Å². The molecule has 1 heterocycles. The van der Waals surface area contributed by atoms with E-state index in [0.29, 0.717) is 17.4 Å². The highest BCUT2D eigenvalue weighted by Crippen LogP contribution is 2.37. The number of nitrogens with zero attached hydrogens (tertiary/aromatic N) is 2. The van der Waals surface area contributed by atoms with Crippen molar-refractivity contribution in [2.45, 2.75) is 36.6 Å². The second kappa shape index (κ2) is 9.19. The second-order valence-electron chi connectivity index (χ2n) is 9.08. The average molecular weight is 490 g/mol. The largest absolute Gasteiger partial charge is 0.343 e. The smallest absolute Gasteiger partial charge is 0.261 e. The number of carbonyl (C=O) groups is 1. The van der Waals surface area contributed by atoms with Gasteiger partial charge in [-0.1, -0.05) is 36.4 Å². The maximum absolute atomic E-state index is 13.5. The Morgan fingerprint density at radius 2 is 1.89 bits per heavy atom. The number of fused-ring (bicyclic) bond motifs is 1. The van der Waals surface area contributed by atoms with Gasteiger partial charge in [-0.15, -0.1) is 0 Å². The Balaban J connectivity index is 1.52. The van der Waals surface area contributed by atoms with E-state index in [2.05, 4.69) is 16.9 Å². The molecule has 0 unspecified atom stereocenters. The van der Waals surface area contributed by atoms with E-state index in [9.17, 15) is 18.0 Å². The molecule has 0 spiro atoms. The summed E-state index contributed by atoms with van der Waals surface area (Å²) >= 11 is 0. The van der Waals surface area contributed by atoms with Crippen LogP contribution in [0.3, 0.4) is 0 Å². The molecular weight excluding hydrogens is 462 g/mol. The highest BCUT2D eigenvalue weighted by atomic mass is 32.2. The number of hydrogen-bond donors (Lipinski definition) is 1. The molecule has 3 aromatic rings. The maximum atomic E-state index is 13.5. The van der Waals surface area contributed by atoms with Gasteiger partial charge in [-0.2, -0.15) is 0 Å². The van der Waals surface area contributed by atoms with E-state index in [1.54, 1.807) is 48.5 Å². The summed E-state index contributed by atoms with van der Waals surface area (Å²) in [6.07, 6.45) is 11.8. The zero-order chi connectivity index (χ0) is 24.6. The zero-order valence-corrected chi connectivity index (χ0v) is 20.3. The number of carbonyl (C=O) groups excluding carboxylic acids is 1. The maximum Gasteiger partial charge on any atom is 0.261 e. The number of anilines is 1. The molecule has 0 aliphatic heterocycles. The van der Waals surface area contributed by atoms with Crippen molar-refractivity contribution in [1.29, 1.82) is 0 Å². The van der Waals surface area contributed by atoms with Crippen molar-refractivity contribution in [2.75, 3.05) is 18.3 Å². The number of rotatable bonds is 7. The molecule has 0 bridgehead atoms. The first-order chi connectivity index (χ1) is 16.8. The van der Waals surface area contributed by atoms with Crippen LogP contribution in [-0.4, -0.2) is 37.4 Å². The van der Waals surface area contributed by atoms with E-state index in [1.807, 2.05) is 10.6 Å². The Bertz CT molecular complexity index is 1520. The van der Waals surface area contributed by atoms with Crippen LogP contribution in [0.5, 0.6) is 0 Å². The molecular formula is C27H27N3O4S. The van der Waals surface area contributed by atoms with Crippen LogP contribution in [0, 0.1) is 0 Å². The monoisotopic (exact) mass is 489 g/mol. The van der Waals surface area contributed by atoms with E-state index < -0.39 is 15.5 Å². The Labute approximate surface area is 204 Å². The standard InChI is InChI=1S/C27H27N3O4S/c1-29(17-19-8-4-2-5-9-19)27(32)24-18-30(21-13-14-21)25-15-12-20(16-23(25)26(24)31)28-35(33,34)22-10-6-3-7-11-22/h3-4,6-12,15-16,18,21,28H,2,5,13-14,17H2,1H3. The van der Waals surface area contributed by atoms with E-state index in [1.165, 1.54) is 18.2 Å². The van der Waals surface area contributed by atoms with Gasteiger partial charge >= 0.3 is 0 Å². The second-order valence-corrected chi connectivity index (χ2v) is 10.8. The number of pyridine rings is 1. The number of benzene rings is 2. The van der Waals surface area contributed by atoms with Crippen LogP contribution in [0.25, 0.3) is 10.9 Å². The number of amides is 1. The molecule has 1 fully saturated rings. The number of hydrogen-bond acceptors (Lipinski definition) is 4. The number of aromatic nitrogens is 1. The van der Waals surface area contributed by atoms with Gasteiger partial charge in [-0.05, 0) is 61.6 Å². The van der Waals surface area contributed by atoms with Crippen molar-refractivity contribution in [3.05, 3.63) is 94.3 Å². The van der Waals surface area contributed by atoms with Crippen molar-refractivity contribution in [3.63, 3.8) is 0 Å². The summed E-state index contributed by atoms with van der Waals surface area (Å²) in [7, 11) is -2.12. The Morgan fingerprint density at radius 1 is 1.11 bits per heavy atom. The quantitative estimate of drug-likeness (QED) is 0.530. The van der Waals surface area contributed by atoms with Gasteiger partial charge < -0.3 is 9.47 Å². The van der Waals surface area contributed by atoms with Crippen molar-refractivity contribution in [3.8, 4) is 0 Å². The fourth-order valence-corrected chi connectivity index (χ4v) is 5.45. The summed E-state index contributed by atoms with van der Waals surface area (Å²) in [5, 5.41) is 0.321. The van der Waals surface area contributed by atoms with Gasteiger partial charge in [0.2, 0.25) is 5.43 Å². The summed E-state index contributed by atoms with van der Waals surface area (Å²) in [6.45, 7) is 0.424. The van der Waals surface area contributed by atoms with Crippen LogP contribution in [0.4, 0.5) is 5.69 Å². The predicted octanol–water partition coefficient (Wildman–Crippen LogP) is 4.49. The topological polar surface area (TPSA) is 88.5 Å². The van der Waals surface area contributed by atoms with Gasteiger partial charge in [-0.3, -0.25) is 14.3 Å². The molecule has 1 saturated carbocycles. The SMILES string of the molecule is CN(CC1=CCCC=C1)C(=O)c1cn(C2CC2)c2ccc(NS(=O)(=O)c3ccccc3)cc2c1=O. The molecule has 2 aliphatic carbocycles. The van der Waals surface area contributed by atoms with E-state index in [0.717, 1.165) is 31.3 Å². The fourth-order valence-electron chi connectivity index (χ4n) is 4.38. The molecule has 8 heteroatoms. The Morgan fingerprint density at radius 3 is 2.57 bits per heavy atom. The molecule has 5 rings (SSSR count). The third kappa shape index (κ3) is 4.79. The Kier molecular flexibility index (Phi) is 6.06. The minimum atomic E-state index is -3.81. The third-order valence-corrected chi connectivity index (χ3v) is 7.74. The normalized spacial score (nSPS) is 15.6. The van der Waals surface area contributed by atoms with Gasteiger partial charge in [0, 0.05) is 36.9 Å². The lowest BCUT2D eigenvalue weighted by atomic mass is 10.1. The summed E-state index contributed by atoms with van der Waals surface area (Å²) in [5.41, 5.74) is 1.71. The van der Waals surface area contributed by atoms with Crippen molar-refractivity contribution < 1.29 is 13.2 Å². The minimum Gasteiger partial charge on any atom is -0.343 e. The predicted molar refractivity (Wildman–Crippen MR) is 137 cm³/mol. The van der Waals surface area contributed by atoms with Crippen LogP contribution in [0.15, 0.2) is 88.2 Å². The van der Waals surface area contributed by atoms with Crippen LogP contribution < -0.4 is 10.2 Å². The summed E-state index contributed by atoms with van der Waals surface area (Å²) in [6, 6.07) is 13.2. The molecule has 0 saturated heterocycles. The van der Waals surface area contributed by atoms with Gasteiger partial charge in [-0.25, -0.2) is 8.42 Å². The molecule has 1 aromatic heterocycles. The molecule has 2 aliphatic rings. The molecule has 0 radical (unpaired) electrons. The zero-order valence-electron chi connectivity index (χ0n) is 19.5. The van der Waals surface area contributed by atoms with Crippen LogP contribution in [0.2, 0.25) is 0 Å². The molecule has 1 amide bonds. The van der Waals surface area contributed by atoms with Crippen LogP contribution in [0.1, 0.15) is 42.1 Å². The van der Waals surface area contributed by atoms with Gasteiger partial charge in [0.25, 0.3) is 15.9 Å². The van der Waals surface area contributed by atoms with Gasteiger partial charge in [0.1, 0.15) is 5.56 Å². The lowest BCUT2D eigenvalue weighted by molar-refractivity contribution is 0.0806. The minimum absolute atomic E-state index is 0.0929. The van der Waals surface area contributed by atoms with E-state index in [-0.39, 0.29) is 28.1 Å². The number of allylic oxidation sites excluding steroid dienone is 2. The van der Waals surface area contributed by atoms with Gasteiger partial charge in [0.15, 0.2) is 0 Å². The molecule has 35 heavy (non-hydrogen) atoms. The lowest BCUT2D eigenvalue weighted by Gasteiger charge is -2.20. The molecule has 2 aromatic carbocycles. The Hall–Kier alpha value is -3.65. The molecule has 0 atom stereocenters. The van der Waals surface area contributed by atoms with Gasteiger partial charge in [0.05, 0.1) is 10.4 Å². The summed E-state index contributed by atoms with van der Waals surface area (Å²) in [5.74, 6) is -0.346. The molecule has 180 valence electrons. The highest BCUT2D eigenvalue weighted by molar-refractivity contribution is 7.92. The van der Waals surface area contributed by atoms with E-state index in [4.69, 9.17) is 0 Å². The number of sulfonamides is 1. The van der Waals surface area contributed by atoms with Crippen molar-refractivity contribution in [2.24, 2.45) is 0 Å². The number of likely N-dealkylation sites (N-methyl/N-ethyl adjacent to an activating group) is 1. The van der Waals surface area contributed by atoms with E-state index >= 15 is 0 Å². The van der Waals surface area contributed by atoms with Crippen molar-refractivity contribution in [1.82, 2.24) is 9.47 Å². The number of nitrogens with one attached hydrogen (secondary N) is 1. The lowest BCUT2D eigenvalue weighted by Crippen LogP contribution is -2.33. The van der Waals surface area contributed by atoms with Crippen LogP contribution in [-0.2, 0) is 10.0 Å². The molecule has 1 N–H and O–H groups in total. The summed E-state index contributed by atoms with van der Waals surface area (Å²) in [4.78, 5) is 28.5. The first-order valence-corrected chi connectivity index (χ1v) is 13.2. The first kappa shape index (κ1) is 23.1. The third-order valence-electron chi connectivity index (χ3n) is 6.35. The highest BCUT2D eigenvalue weighted by Gasteiger charge is 2.28. The summed E-state index contributed by atoms with van der Waals surface area (Å²) < 4.78 is 30.1. The molecule has 7 nitrogen and oxygen atoms in total. The van der Waals surface area contributed by atoms with Crippen LogP contribution >= 0.6 is 0 Å². The average Bonchev–Trinajstić information content (AvgIpc) is 3.70. The fraction of sp³-hybridized carbons (Fsp3) is 0.259. The first-order valence-electron chi connectivity index (χ1n) is 11.7.